The first-order valence-electron chi connectivity index (χ1n) is 6.93. The molecule has 0 unspecified atom stereocenters. The number of aromatic amines is 1. The zero-order valence-electron chi connectivity index (χ0n) is 11.1. The highest BCUT2D eigenvalue weighted by molar-refractivity contribution is 6.09. The van der Waals surface area contributed by atoms with E-state index >= 15 is 0 Å². The zero-order valence-corrected chi connectivity index (χ0v) is 11.1. The van der Waals surface area contributed by atoms with Gasteiger partial charge in [-0.3, -0.25) is 0 Å². The Balaban J connectivity index is 2.02. The number of nitrogens with one attached hydrogen (secondary N) is 1. The second kappa shape index (κ2) is 4.53. The Morgan fingerprint density at radius 1 is 0.700 bits per heavy atom. The lowest BCUT2D eigenvalue weighted by Gasteiger charge is -2.10. The molecule has 0 amide bonds. The van der Waals surface area contributed by atoms with Gasteiger partial charge in [-0.25, -0.2) is 0 Å². The van der Waals surface area contributed by atoms with Crippen LogP contribution in [-0.4, -0.2) is 4.98 Å². The minimum atomic E-state index is 0.943. The van der Waals surface area contributed by atoms with Crippen LogP contribution in [-0.2, 0) is 6.42 Å². The summed E-state index contributed by atoms with van der Waals surface area (Å²) in [5.74, 6) is 0. The van der Waals surface area contributed by atoms with Gasteiger partial charge in [-0.05, 0) is 39.2 Å². The Kier molecular flexibility index (Phi) is 2.56. The van der Waals surface area contributed by atoms with Gasteiger partial charge in [0, 0.05) is 18.3 Å². The molecule has 1 nitrogen and oxygen atoms in total. The molecule has 96 valence electrons. The zero-order chi connectivity index (χ0) is 13.4. The molecular formula is C19H15N. The van der Waals surface area contributed by atoms with Crippen molar-refractivity contribution < 1.29 is 0 Å². The van der Waals surface area contributed by atoms with Crippen molar-refractivity contribution in [3.63, 3.8) is 0 Å². The highest BCUT2D eigenvalue weighted by atomic mass is 14.7. The van der Waals surface area contributed by atoms with Crippen molar-refractivity contribution in [3.05, 3.63) is 84.2 Å². The summed E-state index contributed by atoms with van der Waals surface area (Å²) >= 11 is 0. The second-order valence-electron chi connectivity index (χ2n) is 5.17. The van der Waals surface area contributed by atoms with E-state index < -0.39 is 0 Å². The van der Waals surface area contributed by atoms with Crippen LogP contribution in [0.5, 0.6) is 0 Å². The Hall–Kier alpha value is -2.54. The summed E-state index contributed by atoms with van der Waals surface area (Å²) in [5.41, 5.74) is 2.63. The van der Waals surface area contributed by atoms with Gasteiger partial charge in [0.05, 0.1) is 0 Å². The van der Waals surface area contributed by atoms with Crippen molar-refractivity contribution in [2.45, 2.75) is 6.42 Å². The SMILES string of the molecule is c1c[nH]c(Cc2cc3ccccc3c3ccccc23)c1. The van der Waals surface area contributed by atoms with Crippen LogP contribution in [0.3, 0.4) is 0 Å². The molecule has 0 saturated carbocycles. The summed E-state index contributed by atoms with van der Waals surface area (Å²) in [4.78, 5) is 3.30. The second-order valence-corrected chi connectivity index (χ2v) is 5.17. The molecule has 0 aliphatic carbocycles. The molecular weight excluding hydrogens is 242 g/mol. The average molecular weight is 257 g/mol. The largest absolute Gasteiger partial charge is 0.365 e. The lowest BCUT2D eigenvalue weighted by Crippen LogP contribution is -1.91. The molecule has 1 N–H and O–H groups in total. The fourth-order valence-corrected chi connectivity index (χ4v) is 2.96. The predicted octanol–water partition coefficient (Wildman–Crippen LogP) is 4.91. The van der Waals surface area contributed by atoms with E-state index in [2.05, 4.69) is 71.7 Å². The van der Waals surface area contributed by atoms with Crippen molar-refractivity contribution in [1.29, 1.82) is 0 Å². The van der Waals surface area contributed by atoms with Gasteiger partial charge in [-0.15, -0.1) is 0 Å². The average Bonchev–Trinajstić information content (AvgIpc) is 3.00. The molecule has 4 rings (SSSR count). The summed E-state index contributed by atoms with van der Waals surface area (Å²) < 4.78 is 0. The number of H-pyrrole nitrogens is 1. The standard InChI is InChI=1S/C19H15N/c1-2-8-17-14(6-1)12-15(13-16-7-5-11-20-16)18-9-3-4-10-19(17)18/h1-12,20H,13H2. The molecule has 0 spiro atoms. The molecule has 1 heteroatoms. The first kappa shape index (κ1) is 11.3. The molecule has 0 atom stereocenters. The van der Waals surface area contributed by atoms with Gasteiger partial charge in [-0.1, -0.05) is 54.6 Å². The number of fused-ring (bicyclic) bond motifs is 3. The third-order valence-corrected chi connectivity index (χ3v) is 3.90. The summed E-state index contributed by atoms with van der Waals surface area (Å²) in [6.45, 7) is 0. The Morgan fingerprint density at radius 2 is 1.45 bits per heavy atom. The van der Waals surface area contributed by atoms with Crippen LogP contribution in [0, 0.1) is 0 Å². The molecule has 20 heavy (non-hydrogen) atoms. The number of benzene rings is 3. The highest BCUT2D eigenvalue weighted by Gasteiger charge is 2.06. The Morgan fingerprint density at radius 3 is 2.25 bits per heavy atom. The molecule has 1 aromatic heterocycles. The van der Waals surface area contributed by atoms with E-state index in [1.54, 1.807) is 0 Å². The topological polar surface area (TPSA) is 15.8 Å². The van der Waals surface area contributed by atoms with Crippen molar-refractivity contribution in [1.82, 2.24) is 4.98 Å². The Labute approximate surface area is 117 Å². The van der Waals surface area contributed by atoms with Crippen molar-refractivity contribution in [2.24, 2.45) is 0 Å². The van der Waals surface area contributed by atoms with E-state index in [1.165, 1.54) is 32.8 Å². The van der Waals surface area contributed by atoms with Gasteiger partial charge >= 0.3 is 0 Å². The summed E-state index contributed by atoms with van der Waals surface area (Å²) in [5, 5.41) is 5.33. The number of hydrogen-bond acceptors (Lipinski definition) is 0. The van der Waals surface area contributed by atoms with Crippen LogP contribution in [0.25, 0.3) is 21.5 Å². The summed E-state index contributed by atoms with van der Waals surface area (Å²) in [6.07, 6.45) is 2.93. The minimum Gasteiger partial charge on any atom is -0.365 e. The third kappa shape index (κ3) is 1.79. The maximum atomic E-state index is 3.30. The molecule has 0 saturated heterocycles. The van der Waals surface area contributed by atoms with E-state index in [-0.39, 0.29) is 0 Å². The van der Waals surface area contributed by atoms with Gasteiger partial charge < -0.3 is 4.98 Å². The number of rotatable bonds is 2. The molecule has 4 aromatic rings. The fraction of sp³-hybridized carbons (Fsp3) is 0.0526. The van der Waals surface area contributed by atoms with Crippen LogP contribution in [0.4, 0.5) is 0 Å². The lowest BCUT2D eigenvalue weighted by atomic mass is 9.95. The smallest absolute Gasteiger partial charge is 0.0191 e. The maximum Gasteiger partial charge on any atom is 0.0191 e. The van der Waals surface area contributed by atoms with Gasteiger partial charge in [0.1, 0.15) is 0 Å². The quantitative estimate of drug-likeness (QED) is 0.491. The molecule has 0 bridgehead atoms. The van der Waals surface area contributed by atoms with E-state index in [9.17, 15) is 0 Å². The summed E-state index contributed by atoms with van der Waals surface area (Å²) in [7, 11) is 0. The minimum absolute atomic E-state index is 0.943. The normalized spacial score (nSPS) is 11.2. The van der Waals surface area contributed by atoms with Gasteiger partial charge in [0.2, 0.25) is 0 Å². The van der Waals surface area contributed by atoms with Crippen molar-refractivity contribution in [3.8, 4) is 0 Å². The van der Waals surface area contributed by atoms with Gasteiger partial charge in [0.25, 0.3) is 0 Å². The van der Waals surface area contributed by atoms with Gasteiger partial charge in [-0.2, -0.15) is 0 Å². The molecule has 0 aliphatic heterocycles. The third-order valence-electron chi connectivity index (χ3n) is 3.90. The summed E-state index contributed by atoms with van der Waals surface area (Å²) in [6, 6.07) is 23.8. The molecule has 3 aromatic carbocycles. The van der Waals surface area contributed by atoms with Crippen molar-refractivity contribution in [2.75, 3.05) is 0 Å². The van der Waals surface area contributed by atoms with Crippen LogP contribution < -0.4 is 0 Å². The van der Waals surface area contributed by atoms with Crippen LogP contribution in [0.15, 0.2) is 72.9 Å². The predicted molar refractivity (Wildman–Crippen MR) is 85.1 cm³/mol. The van der Waals surface area contributed by atoms with E-state index in [4.69, 9.17) is 0 Å². The first-order valence-corrected chi connectivity index (χ1v) is 6.93. The molecule has 0 fully saturated rings. The van der Waals surface area contributed by atoms with Crippen LogP contribution >= 0.6 is 0 Å². The number of hydrogen-bond donors (Lipinski definition) is 1. The maximum absolute atomic E-state index is 3.30. The highest BCUT2D eigenvalue weighted by Crippen LogP contribution is 2.29. The monoisotopic (exact) mass is 257 g/mol. The van der Waals surface area contributed by atoms with E-state index in [0.29, 0.717) is 0 Å². The van der Waals surface area contributed by atoms with Crippen LogP contribution in [0.2, 0.25) is 0 Å². The Bertz CT molecular complexity index is 873. The van der Waals surface area contributed by atoms with Crippen LogP contribution in [0.1, 0.15) is 11.3 Å². The lowest BCUT2D eigenvalue weighted by molar-refractivity contribution is 1.12. The first-order chi connectivity index (χ1) is 9.92. The number of aromatic nitrogens is 1. The molecule has 1 heterocycles. The van der Waals surface area contributed by atoms with E-state index in [1.807, 2.05) is 6.20 Å². The molecule has 0 radical (unpaired) electrons. The fourth-order valence-electron chi connectivity index (χ4n) is 2.96. The van der Waals surface area contributed by atoms with E-state index in [0.717, 1.165) is 6.42 Å². The van der Waals surface area contributed by atoms with Crippen molar-refractivity contribution >= 4 is 21.5 Å². The van der Waals surface area contributed by atoms with Gasteiger partial charge in [0.15, 0.2) is 0 Å². The molecule has 0 aliphatic rings.